The number of nitrogens with zero attached hydrogens (tertiary/aromatic N) is 1. The molecule has 20 heavy (non-hydrogen) atoms. The standard InChI is InChI=1S/C17H22N2O/c1-14-6-3-4-9-17(14)19(2)10-11-20-16-8-5-7-15(12-16)13-18/h3-9,12H,10-11,13,18H2,1-2H3. The van der Waals surface area contributed by atoms with Gasteiger partial charge in [-0.05, 0) is 36.2 Å². The first-order valence-electron chi connectivity index (χ1n) is 6.89. The molecule has 0 amide bonds. The van der Waals surface area contributed by atoms with E-state index in [1.165, 1.54) is 11.3 Å². The van der Waals surface area contributed by atoms with Gasteiger partial charge in [-0.1, -0.05) is 30.3 Å². The fourth-order valence-electron chi connectivity index (χ4n) is 2.17. The van der Waals surface area contributed by atoms with Crippen molar-refractivity contribution in [2.24, 2.45) is 5.73 Å². The molecule has 2 rings (SSSR count). The lowest BCUT2D eigenvalue weighted by Gasteiger charge is -2.21. The summed E-state index contributed by atoms with van der Waals surface area (Å²) in [6.45, 7) is 4.16. The number of nitrogens with two attached hydrogens (primary N) is 1. The molecule has 0 aliphatic heterocycles. The zero-order chi connectivity index (χ0) is 14.4. The van der Waals surface area contributed by atoms with Crippen LogP contribution in [0.15, 0.2) is 48.5 Å². The summed E-state index contributed by atoms with van der Waals surface area (Å²) in [6.07, 6.45) is 0. The molecule has 0 radical (unpaired) electrons. The van der Waals surface area contributed by atoms with Crippen molar-refractivity contribution in [3.8, 4) is 5.75 Å². The molecule has 106 valence electrons. The number of para-hydroxylation sites is 1. The number of aryl methyl sites for hydroxylation is 1. The summed E-state index contributed by atoms with van der Waals surface area (Å²) in [6, 6.07) is 16.3. The number of benzene rings is 2. The fraction of sp³-hybridized carbons (Fsp3) is 0.294. The number of ether oxygens (including phenoxy) is 1. The van der Waals surface area contributed by atoms with E-state index < -0.39 is 0 Å². The van der Waals surface area contributed by atoms with E-state index in [1.807, 2.05) is 24.3 Å². The van der Waals surface area contributed by atoms with Gasteiger partial charge in [0, 0.05) is 19.3 Å². The number of likely N-dealkylation sites (N-methyl/N-ethyl adjacent to an activating group) is 1. The van der Waals surface area contributed by atoms with Crippen LogP contribution in [0.1, 0.15) is 11.1 Å². The second-order valence-corrected chi connectivity index (χ2v) is 4.91. The molecular formula is C17H22N2O. The van der Waals surface area contributed by atoms with E-state index in [0.29, 0.717) is 13.2 Å². The average Bonchev–Trinajstić information content (AvgIpc) is 2.48. The molecular weight excluding hydrogens is 248 g/mol. The van der Waals surface area contributed by atoms with E-state index in [0.717, 1.165) is 17.9 Å². The van der Waals surface area contributed by atoms with Crippen LogP contribution < -0.4 is 15.4 Å². The molecule has 3 nitrogen and oxygen atoms in total. The third kappa shape index (κ3) is 3.75. The van der Waals surface area contributed by atoms with Gasteiger partial charge in [0.25, 0.3) is 0 Å². The lowest BCUT2D eigenvalue weighted by Crippen LogP contribution is -2.24. The summed E-state index contributed by atoms with van der Waals surface area (Å²) in [5, 5.41) is 0. The van der Waals surface area contributed by atoms with Crippen LogP contribution in [0.2, 0.25) is 0 Å². The molecule has 0 aromatic heterocycles. The van der Waals surface area contributed by atoms with Crippen molar-refractivity contribution in [3.05, 3.63) is 59.7 Å². The Morgan fingerprint density at radius 1 is 1.10 bits per heavy atom. The first-order chi connectivity index (χ1) is 9.70. The molecule has 3 heteroatoms. The first kappa shape index (κ1) is 14.4. The molecule has 0 heterocycles. The van der Waals surface area contributed by atoms with Crippen molar-refractivity contribution in [1.82, 2.24) is 0 Å². The molecule has 0 aliphatic carbocycles. The molecule has 0 aliphatic rings. The van der Waals surface area contributed by atoms with E-state index in [9.17, 15) is 0 Å². The highest BCUT2D eigenvalue weighted by Gasteiger charge is 2.03. The Kier molecular flexibility index (Phi) is 5.02. The minimum Gasteiger partial charge on any atom is -0.492 e. The third-order valence-corrected chi connectivity index (χ3v) is 3.36. The smallest absolute Gasteiger partial charge is 0.119 e. The van der Waals surface area contributed by atoms with Crippen molar-refractivity contribution in [2.75, 3.05) is 25.1 Å². The largest absolute Gasteiger partial charge is 0.492 e. The second kappa shape index (κ2) is 6.96. The van der Waals surface area contributed by atoms with Crippen LogP contribution in [-0.4, -0.2) is 20.2 Å². The molecule has 0 spiro atoms. The molecule has 2 aromatic rings. The molecule has 0 saturated heterocycles. The predicted molar refractivity (Wildman–Crippen MR) is 84.3 cm³/mol. The van der Waals surface area contributed by atoms with Crippen LogP contribution in [-0.2, 0) is 6.54 Å². The van der Waals surface area contributed by atoms with Crippen LogP contribution in [0.4, 0.5) is 5.69 Å². The second-order valence-electron chi connectivity index (χ2n) is 4.91. The Morgan fingerprint density at radius 3 is 2.65 bits per heavy atom. The number of hydrogen-bond acceptors (Lipinski definition) is 3. The summed E-state index contributed by atoms with van der Waals surface area (Å²) in [4.78, 5) is 2.21. The Balaban J connectivity index is 1.88. The first-order valence-corrected chi connectivity index (χ1v) is 6.89. The van der Waals surface area contributed by atoms with Crippen molar-refractivity contribution in [3.63, 3.8) is 0 Å². The molecule has 0 unspecified atom stereocenters. The molecule has 0 bridgehead atoms. The zero-order valence-electron chi connectivity index (χ0n) is 12.2. The highest BCUT2D eigenvalue weighted by atomic mass is 16.5. The number of rotatable bonds is 6. The maximum Gasteiger partial charge on any atom is 0.119 e. The zero-order valence-corrected chi connectivity index (χ0v) is 12.2. The quantitative estimate of drug-likeness (QED) is 0.877. The van der Waals surface area contributed by atoms with Gasteiger partial charge >= 0.3 is 0 Å². The highest BCUT2D eigenvalue weighted by molar-refractivity contribution is 5.52. The van der Waals surface area contributed by atoms with Crippen molar-refractivity contribution >= 4 is 5.69 Å². The van der Waals surface area contributed by atoms with E-state index in [-0.39, 0.29) is 0 Å². The van der Waals surface area contributed by atoms with Gasteiger partial charge in [0.1, 0.15) is 12.4 Å². The molecule has 2 N–H and O–H groups in total. The Labute approximate surface area is 121 Å². The van der Waals surface area contributed by atoms with E-state index in [4.69, 9.17) is 10.5 Å². The third-order valence-electron chi connectivity index (χ3n) is 3.36. The normalized spacial score (nSPS) is 10.3. The lowest BCUT2D eigenvalue weighted by atomic mass is 10.2. The van der Waals surface area contributed by atoms with E-state index in [2.05, 4.69) is 43.1 Å². The van der Waals surface area contributed by atoms with Crippen LogP contribution in [0.25, 0.3) is 0 Å². The SMILES string of the molecule is Cc1ccccc1N(C)CCOc1cccc(CN)c1. The number of hydrogen-bond donors (Lipinski definition) is 1. The van der Waals surface area contributed by atoms with Gasteiger partial charge in [0.05, 0.1) is 6.54 Å². The highest BCUT2D eigenvalue weighted by Crippen LogP contribution is 2.18. The van der Waals surface area contributed by atoms with E-state index in [1.54, 1.807) is 0 Å². The minimum atomic E-state index is 0.542. The van der Waals surface area contributed by atoms with E-state index >= 15 is 0 Å². The van der Waals surface area contributed by atoms with Gasteiger partial charge in [-0.25, -0.2) is 0 Å². The van der Waals surface area contributed by atoms with Crippen LogP contribution in [0.5, 0.6) is 5.75 Å². The summed E-state index contributed by atoms with van der Waals surface area (Å²) in [7, 11) is 2.09. The Hall–Kier alpha value is -2.00. The van der Waals surface area contributed by atoms with Gasteiger partial charge in [-0.3, -0.25) is 0 Å². The maximum absolute atomic E-state index is 5.78. The molecule has 0 atom stereocenters. The topological polar surface area (TPSA) is 38.5 Å². The summed E-state index contributed by atoms with van der Waals surface area (Å²) >= 11 is 0. The summed E-state index contributed by atoms with van der Waals surface area (Å²) < 4.78 is 5.78. The molecule has 2 aromatic carbocycles. The summed E-state index contributed by atoms with van der Waals surface area (Å²) in [5.74, 6) is 0.881. The maximum atomic E-state index is 5.78. The van der Waals surface area contributed by atoms with Crippen LogP contribution >= 0.6 is 0 Å². The van der Waals surface area contributed by atoms with Gasteiger partial charge in [0.15, 0.2) is 0 Å². The van der Waals surface area contributed by atoms with Gasteiger partial charge in [-0.2, -0.15) is 0 Å². The Bertz CT molecular complexity index is 554. The van der Waals surface area contributed by atoms with Gasteiger partial charge in [0.2, 0.25) is 0 Å². The average molecular weight is 270 g/mol. The van der Waals surface area contributed by atoms with Gasteiger partial charge in [-0.15, -0.1) is 0 Å². The van der Waals surface area contributed by atoms with Gasteiger partial charge < -0.3 is 15.4 Å². The van der Waals surface area contributed by atoms with Crippen molar-refractivity contribution in [2.45, 2.75) is 13.5 Å². The summed E-state index contributed by atoms with van der Waals surface area (Å²) in [5.41, 5.74) is 9.24. The van der Waals surface area contributed by atoms with Crippen molar-refractivity contribution in [1.29, 1.82) is 0 Å². The van der Waals surface area contributed by atoms with Crippen LogP contribution in [0.3, 0.4) is 0 Å². The number of anilines is 1. The minimum absolute atomic E-state index is 0.542. The monoisotopic (exact) mass is 270 g/mol. The molecule has 0 saturated carbocycles. The van der Waals surface area contributed by atoms with Crippen molar-refractivity contribution < 1.29 is 4.74 Å². The van der Waals surface area contributed by atoms with Crippen LogP contribution in [0, 0.1) is 6.92 Å². The predicted octanol–water partition coefficient (Wildman–Crippen LogP) is 2.97. The lowest BCUT2D eigenvalue weighted by molar-refractivity contribution is 0.325. The fourth-order valence-corrected chi connectivity index (χ4v) is 2.17. The Morgan fingerprint density at radius 2 is 1.90 bits per heavy atom. The molecule has 0 fully saturated rings.